The minimum absolute atomic E-state index is 0.632. The maximum absolute atomic E-state index is 10.8. The maximum Gasteiger partial charge on any atom is 0.105 e. The largest absolute Gasteiger partial charge is 0.384 e. The number of rotatable bonds is 2. The Hall–Kier alpha value is -1.31. The molecule has 1 atom stereocenters. The van der Waals surface area contributed by atoms with Crippen LogP contribution in [0.2, 0.25) is 5.02 Å². The molecule has 20 heavy (non-hydrogen) atoms. The predicted molar refractivity (Wildman–Crippen MR) is 85.6 cm³/mol. The van der Waals surface area contributed by atoms with Gasteiger partial charge in [-0.1, -0.05) is 23.7 Å². The van der Waals surface area contributed by atoms with Crippen molar-refractivity contribution in [3.05, 3.63) is 68.2 Å². The summed E-state index contributed by atoms with van der Waals surface area (Å²) in [7, 11) is 0. The fourth-order valence-corrected chi connectivity index (χ4v) is 2.90. The van der Waals surface area contributed by atoms with Crippen molar-refractivity contribution in [3.63, 3.8) is 0 Å². The Balaban J connectivity index is 2.65. The van der Waals surface area contributed by atoms with Gasteiger partial charge < -0.3 is 5.11 Å². The molecule has 0 fully saturated rings. The number of aliphatic hydroxyl groups excluding tert-OH is 1. The van der Waals surface area contributed by atoms with E-state index in [9.17, 15) is 5.11 Å². The Morgan fingerprint density at radius 3 is 1.95 bits per heavy atom. The van der Waals surface area contributed by atoms with Gasteiger partial charge in [0.05, 0.1) is 0 Å². The summed E-state index contributed by atoms with van der Waals surface area (Å²) in [4.78, 5) is 0. The van der Waals surface area contributed by atoms with Crippen LogP contribution < -0.4 is 0 Å². The third-order valence-electron chi connectivity index (χ3n) is 4.23. The second-order valence-corrected chi connectivity index (χ2v) is 6.01. The molecule has 0 radical (unpaired) electrons. The molecule has 1 unspecified atom stereocenters. The lowest BCUT2D eigenvalue weighted by Gasteiger charge is -2.22. The number of hydrogen-bond acceptors (Lipinski definition) is 1. The second kappa shape index (κ2) is 5.59. The first-order valence-electron chi connectivity index (χ1n) is 6.84. The van der Waals surface area contributed by atoms with Crippen LogP contribution in [0, 0.1) is 34.6 Å². The molecule has 0 aliphatic rings. The highest BCUT2D eigenvalue weighted by Crippen LogP contribution is 2.33. The summed E-state index contributed by atoms with van der Waals surface area (Å²) in [6.07, 6.45) is -0.632. The molecule has 2 rings (SSSR count). The van der Waals surface area contributed by atoms with Gasteiger partial charge in [-0.25, -0.2) is 0 Å². The van der Waals surface area contributed by atoms with Crippen LogP contribution in [0.3, 0.4) is 0 Å². The van der Waals surface area contributed by atoms with Crippen molar-refractivity contribution in [3.8, 4) is 0 Å². The predicted octanol–water partition coefficient (Wildman–Crippen LogP) is 4.96. The van der Waals surface area contributed by atoms with Gasteiger partial charge in [-0.05, 0) is 85.7 Å². The molecule has 2 heteroatoms. The van der Waals surface area contributed by atoms with Crippen molar-refractivity contribution in [2.75, 3.05) is 0 Å². The first-order valence-corrected chi connectivity index (χ1v) is 7.22. The molecule has 0 aliphatic heterocycles. The Morgan fingerprint density at radius 1 is 0.850 bits per heavy atom. The fraction of sp³-hybridized carbons (Fsp3) is 0.333. The molecule has 0 heterocycles. The van der Waals surface area contributed by atoms with Crippen LogP contribution in [0.15, 0.2) is 24.3 Å². The SMILES string of the molecule is Cc1ccc(Cl)cc1C(O)c1c(C)c(C)cc(C)c1C. The van der Waals surface area contributed by atoms with E-state index in [1.807, 2.05) is 25.1 Å². The third-order valence-corrected chi connectivity index (χ3v) is 4.47. The molecule has 0 spiro atoms. The van der Waals surface area contributed by atoms with Crippen LogP contribution in [0.4, 0.5) is 0 Å². The van der Waals surface area contributed by atoms with Crippen molar-refractivity contribution in [2.24, 2.45) is 0 Å². The van der Waals surface area contributed by atoms with Crippen molar-refractivity contribution >= 4 is 11.6 Å². The van der Waals surface area contributed by atoms with E-state index in [0.717, 1.165) is 27.8 Å². The highest BCUT2D eigenvalue weighted by atomic mass is 35.5. The molecule has 0 saturated heterocycles. The van der Waals surface area contributed by atoms with E-state index in [1.165, 1.54) is 11.1 Å². The van der Waals surface area contributed by atoms with Gasteiger partial charge >= 0.3 is 0 Å². The van der Waals surface area contributed by atoms with Crippen LogP contribution in [-0.4, -0.2) is 5.11 Å². The van der Waals surface area contributed by atoms with E-state index in [1.54, 1.807) is 0 Å². The third kappa shape index (κ3) is 2.61. The van der Waals surface area contributed by atoms with Gasteiger partial charge in [0.1, 0.15) is 6.10 Å². The van der Waals surface area contributed by atoms with Crippen molar-refractivity contribution < 1.29 is 5.11 Å². The summed E-state index contributed by atoms with van der Waals surface area (Å²) < 4.78 is 0. The quantitative estimate of drug-likeness (QED) is 0.828. The van der Waals surface area contributed by atoms with Crippen LogP contribution >= 0.6 is 11.6 Å². The minimum Gasteiger partial charge on any atom is -0.384 e. The zero-order valence-corrected chi connectivity index (χ0v) is 13.5. The maximum atomic E-state index is 10.8. The molecule has 0 saturated carbocycles. The molecule has 0 amide bonds. The highest BCUT2D eigenvalue weighted by molar-refractivity contribution is 6.30. The number of aryl methyl sites for hydroxylation is 3. The van der Waals surface area contributed by atoms with Crippen molar-refractivity contribution in [1.29, 1.82) is 0 Å². The number of hydrogen-bond donors (Lipinski definition) is 1. The summed E-state index contributed by atoms with van der Waals surface area (Å²) in [5.74, 6) is 0. The van der Waals surface area contributed by atoms with Crippen LogP contribution in [0.25, 0.3) is 0 Å². The number of benzene rings is 2. The summed E-state index contributed by atoms with van der Waals surface area (Å²) in [6, 6.07) is 7.84. The van der Waals surface area contributed by atoms with Gasteiger partial charge in [0, 0.05) is 5.02 Å². The van der Waals surface area contributed by atoms with Gasteiger partial charge in [-0.3, -0.25) is 0 Å². The van der Waals surface area contributed by atoms with E-state index in [0.29, 0.717) is 5.02 Å². The molecule has 106 valence electrons. The smallest absolute Gasteiger partial charge is 0.105 e. The van der Waals surface area contributed by atoms with Gasteiger partial charge in [0.25, 0.3) is 0 Å². The number of aliphatic hydroxyl groups is 1. The molecular weight excluding hydrogens is 268 g/mol. The lowest BCUT2D eigenvalue weighted by molar-refractivity contribution is 0.218. The fourth-order valence-electron chi connectivity index (χ4n) is 2.72. The Morgan fingerprint density at radius 2 is 1.40 bits per heavy atom. The van der Waals surface area contributed by atoms with Crippen LogP contribution in [0.1, 0.15) is 45.0 Å². The molecule has 2 aromatic rings. The normalized spacial score (nSPS) is 12.6. The molecule has 0 aliphatic carbocycles. The van der Waals surface area contributed by atoms with Gasteiger partial charge in [0.2, 0.25) is 0 Å². The first kappa shape index (κ1) is 15.1. The van der Waals surface area contributed by atoms with Crippen LogP contribution in [0.5, 0.6) is 0 Å². The summed E-state index contributed by atoms with van der Waals surface area (Å²) in [6.45, 7) is 10.3. The van der Waals surface area contributed by atoms with Gasteiger partial charge in [-0.2, -0.15) is 0 Å². The molecular formula is C18H21ClO. The highest BCUT2D eigenvalue weighted by Gasteiger charge is 2.19. The van der Waals surface area contributed by atoms with E-state index < -0.39 is 6.10 Å². The topological polar surface area (TPSA) is 20.2 Å². The Bertz CT molecular complexity index is 633. The number of halogens is 1. The van der Waals surface area contributed by atoms with E-state index >= 15 is 0 Å². The van der Waals surface area contributed by atoms with E-state index in [-0.39, 0.29) is 0 Å². The monoisotopic (exact) mass is 288 g/mol. The zero-order valence-electron chi connectivity index (χ0n) is 12.7. The Kier molecular flexibility index (Phi) is 4.22. The average Bonchev–Trinajstić information content (AvgIpc) is 2.39. The molecule has 1 nitrogen and oxygen atoms in total. The molecule has 2 aromatic carbocycles. The summed E-state index contributed by atoms with van der Waals surface area (Å²) in [5, 5.41) is 11.5. The Labute approximate surface area is 126 Å². The minimum atomic E-state index is -0.632. The average molecular weight is 289 g/mol. The molecule has 1 N–H and O–H groups in total. The van der Waals surface area contributed by atoms with Gasteiger partial charge in [-0.15, -0.1) is 0 Å². The molecule has 0 aromatic heterocycles. The lowest BCUT2D eigenvalue weighted by atomic mass is 9.87. The van der Waals surface area contributed by atoms with Gasteiger partial charge in [0.15, 0.2) is 0 Å². The zero-order chi connectivity index (χ0) is 15.0. The summed E-state index contributed by atoms with van der Waals surface area (Å²) >= 11 is 6.08. The summed E-state index contributed by atoms with van der Waals surface area (Å²) in [5.41, 5.74) is 7.67. The van der Waals surface area contributed by atoms with Crippen molar-refractivity contribution in [2.45, 2.75) is 40.7 Å². The molecule has 0 bridgehead atoms. The lowest BCUT2D eigenvalue weighted by Crippen LogP contribution is -2.08. The standard InChI is InChI=1S/C18H21ClO/c1-10-6-7-15(19)9-16(10)18(20)17-13(4)11(2)8-12(3)14(17)5/h6-9,18,20H,1-5H3. The van der Waals surface area contributed by atoms with Crippen LogP contribution in [-0.2, 0) is 0 Å². The van der Waals surface area contributed by atoms with E-state index in [2.05, 4.69) is 33.8 Å². The van der Waals surface area contributed by atoms with Crippen molar-refractivity contribution in [1.82, 2.24) is 0 Å². The van der Waals surface area contributed by atoms with E-state index in [4.69, 9.17) is 11.6 Å². The first-order chi connectivity index (χ1) is 9.32. The second-order valence-electron chi connectivity index (χ2n) is 5.58.